The predicted molar refractivity (Wildman–Crippen MR) is 137 cm³/mol. The van der Waals surface area contributed by atoms with Gasteiger partial charge < -0.3 is 15.4 Å². The van der Waals surface area contributed by atoms with Gasteiger partial charge in [-0.2, -0.15) is 43.9 Å². The number of carbonyl (C=O) groups excluding carboxylic acids is 1. The van der Waals surface area contributed by atoms with E-state index in [4.69, 9.17) is 0 Å². The molecule has 45 heavy (non-hydrogen) atoms. The maximum Gasteiger partial charge on any atom is 0.461 e. The van der Waals surface area contributed by atoms with Crippen LogP contribution in [0.25, 0.3) is 0 Å². The van der Waals surface area contributed by atoms with E-state index in [1.165, 1.54) is 30.3 Å². The minimum absolute atomic E-state index is 0.150. The van der Waals surface area contributed by atoms with Crippen LogP contribution in [0, 0.1) is 17.6 Å². The lowest BCUT2D eigenvalue weighted by molar-refractivity contribution is -0.253. The molecule has 2 amide bonds. The number of rotatable bonds is 10. The molecule has 0 spiro atoms. The van der Waals surface area contributed by atoms with E-state index in [1.807, 2.05) is 0 Å². The van der Waals surface area contributed by atoms with Gasteiger partial charge in [-0.25, -0.2) is 13.6 Å². The normalized spacial score (nSPS) is 14.7. The lowest BCUT2D eigenvalue weighted by Gasteiger charge is -2.38. The van der Waals surface area contributed by atoms with Crippen molar-refractivity contribution in [2.24, 2.45) is 5.92 Å². The zero-order valence-electron chi connectivity index (χ0n) is 23.1. The highest BCUT2D eigenvalue weighted by Crippen LogP contribution is 2.41. The Bertz CT molecular complexity index is 1480. The van der Waals surface area contributed by atoms with E-state index in [-0.39, 0.29) is 17.7 Å². The lowest BCUT2D eigenvalue weighted by Crippen LogP contribution is -2.57. The number of carbonyl (C=O) groups is 1. The lowest BCUT2D eigenvalue weighted by atomic mass is 9.77. The molecule has 0 bridgehead atoms. The molecule has 2 N–H and O–H groups in total. The summed E-state index contributed by atoms with van der Waals surface area (Å²) in [4.78, 5) is 13.2. The highest BCUT2D eigenvalue weighted by atomic mass is 19.4. The molecule has 3 rings (SSSR count). The SMILES string of the molecule is CC(C)[C@@H](NC(=O)N[C@@](Cc1ccccc1)(c1cc(F)cc(OC(F)(F)C(F)F)c1)c1ccc(F)c(C(F)(F)F)c1)C(F)(F)F. The number of amides is 2. The molecular formula is C29H24F12N2O2. The molecule has 0 heterocycles. The molecule has 3 aromatic carbocycles. The van der Waals surface area contributed by atoms with Gasteiger partial charge in [-0.1, -0.05) is 50.2 Å². The molecule has 2 atom stereocenters. The molecule has 0 saturated heterocycles. The van der Waals surface area contributed by atoms with E-state index in [2.05, 4.69) is 10.1 Å². The van der Waals surface area contributed by atoms with Gasteiger partial charge in [0.1, 0.15) is 23.4 Å². The Hall–Kier alpha value is -4.11. The van der Waals surface area contributed by atoms with Gasteiger partial charge in [0.2, 0.25) is 0 Å². The molecule has 0 aliphatic carbocycles. The van der Waals surface area contributed by atoms with Crippen LogP contribution >= 0.6 is 0 Å². The maximum atomic E-state index is 14.9. The Morgan fingerprint density at radius 2 is 1.44 bits per heavy atom. The average molecular weight is 660 g/mol. The Morgan fingerprint density at radius 1 is 0.822 bits per heavy atom. The molecule has 16 heteroatoms. The zero-order valence-corrected chi connectivity index (χ0v) is 23.1. The standard InChI is InChI=1S/C29H24F12N2O2/c1-15(2)23(28(37,38)39)42-25(44)43-26(14-16-6-4-3-5-7-16,17-8-9-22(31)21(12-17)27(34,35)36)18-10-19(30)13-20(11-18)45-29(40,41)24(32)33/h3-13,15,23-24H,14H2,1-2H3,(H2,42,43,44)/t23-,26-/m1/s1. The van der Waals surface area contributed by atoms with Crippen molar-refractivity contribution in [1.82, 2.24) is 10.6 Å². The molecule has 0 unspecified atom stereocenters. The summed E-state index contributed by atoms with van der Waals surface area (Å²) in [7, 11) is 0. The van der Waals surface area contributed by atoms with Crippen LogP contribution in [0.4, 0.5) is 57.5 Å². The van der Waals surface area contributed by atoms with Crippen LogP contribution < -0.4 is 15.4 Å². The van der Waals surface area contributed by atoms with Gasteiger partial charge >= 0.3 is 30.9 Å². The first-order valence-electron chi connectivity index (χ1n) is 12.9. The molecule has 3 aromatic rings. The molecule has 0 aliphatic heterocycles. The largest absolute Gasteiger partial charge is 0.461 e. The number of alkyl halides is 10. The molecule has 0 saturated carbocycles. The minimum atomic E-state index is -5.35. The van der Waals surface area contributed by atoms with Gasteiger partial charge in [0.05, 0.1) is 11.1 Å². The van der Waals surface area contributed by atoms with Crippen molar-refractivity contribution < 1.29 is 62.2 Å². The van der Waals surface area contributed by atoms with E-state index >= 15 is 0 Å². The van der Waals surface area contributed by atoms with E-state index in [1.54, 1.807) is 5.32 Å². The molecule has 0 fully saturated rings. The van der Waals surface area contributed by atoms with Crippen molar-refractivity contribution in [1.29, 1.82) is 0 Å². The van der Waals surface area contributed by atoms with Crippen LogP contribution in [0.5, 0.6) is 5.75 Å². The third-order valence-electron chi connectivity index (χ3n) is 6.58. The smallest absolute Gasteiger partial charge is 0.428 e. The van der Waals surface area contributed by atoms with Crippen molar-refractivity contribution in [3.8, 4) is 5.75 Å². The summed E-state index contributed by atoms with van der Waals surface area (Å²) in [5.41, 5.74) is -5.76. The number of halogens is 12. The summed E-state index contributed by atoms with van der Waals surface area (Å²) in [6.07, 6.45) is -20.7. The fraction of sp³-hybridized carbons (Fsp3) is 0.345. The molecule has 4 nitrogen and oxygen atoms in total. The van der Waals surface area contributed by atoms with Crippen LogP contribution in [-0.4, -0.2) is 30.8 Å². The second-order valence-corrected chi connectivity index (χ2v) is 10.3. The number of hydrogen-bond donors (Lipinski definition) is 2. The summed E-state index contributed by atoms with van der Waals surface area (Å²) in [6, 6.07) is 5.35. The van der Waals surface area contributed by atoms with Crippen molar-refractivity contribution in [3.63, 3.8) is 0 Å². The second kappa shape index (κ2) is 13.1. The molecular weight excluding hydrogens is 636 g/mol. The zero-order chi connectivity index (χ0) is 34.0. The third-order valence-corrected chi connectivity index (χ3v) is 6.58. The van der Waals surface area contributed by atoms with E-state index in [0.717, 1.165) is 13.8 Å². The predicted octanol–water partition coefficient (Wildman–Crippen LogP) is 8.59. The van der Waals surface area contributed by atoms with Crippen molar-refractivity contribution in [3.05, 3.63) is 101 Å². The topological polar surface area (TPSA) is 50.4 Å². The van der Waals surface area contributed by atoms with Gasteiger partial charge in [0, 0.05) is 12.5 Å². The maximum absolute atomic E-state index is 14.9. The number of ether oxygens (including phenoxy) is 1. The van der Waals surface area contributed by atoms with Crippen molar-refractivity contribution in [2.45, 2.75) is 56.7 Å². The fourth-order valence-electron chi connectivity index (χ4n) is 4.54. The summed E-state index contributed by atoms with van der Waals surface area (Å²) < 4.78 is 169. The van der Waals surface area contributed by atoms with E-state index < -0.39 is 88.9 Å². The number of urea groups is 1. The van der Waals surface area contributed by atoms with Crippen LogP contribution in [0.3, 0.4) is 0 Å². The highest BCUT2D eigenvalue weighted by Gasteiger charge is 2.47. The van der Waals surface area contributed by atoms with Crippen LogP contribution in [0.15, 0.2) is 66.7 Å². The summed E-state index contributed by atoms with van der Waals surface area (Å²) in [5.74, 6) is -5.81. The Balaban J connectivity index is 2.37. The molecule has 246 valence electrons. The van der Waals surface area contributed by atoms with Crippen LogP contribution in [-0.2, 0) is 18.1 Å². The van der Waals surface area contributed by atoms with Gasteiger partial charge in [-0.3, -0.25) is 0 Å². The van der Waals surface area contributed by atoms with E-state index in [0.29, 0.717) is 24.3 Å². The first-order valence-corrected chi connectivity index (χ1v) is 12.9. The number of benzene rings is 3. The molecule has 0 aliphatic rings. The van der Waals surface area contributed by atoms with Crippen molar-refractivity contribution >= 4 is 6.03 Å². The van der Waals surface area contributed by atoms with Crippen LogP contribution in [0.2, 0.25) is 0 Å². The second-order valence-electron chi connectivity index (χ2n) is 10.3. The monoisotopic (exact) mass is 660 g/mol. The highest BCUT2D eigenvalue weighted by molar-refractivity contribution is 5.77. The number of hydrogen-bond acceptors (Lipinski definition) is 2. The van der Waals surface area contributed by atoms with Crippen LogP contribution in [0.1, 0.15) is 36.1 Å². The minimum Gasteiger partial charge on any atom is -0.428 e. The first-order chi connectivity index (χ1) is 20.7. The fourth-order valence-corrected chi connectivity index (χ4v) is 4.54. The molecule has 0 radical (unpaired) electrons. The summed E-state index contributed by atoms with van der Waals surface area (Å²) in [5, 5.41) is 3.77. The summed E-state index contributed by atoms with van der Waals surface area (Å²) in [6.45, 7) is 2.20. The van der Waals surface area contributed by atoms with E-state index in [9.17, 15) is 57.5 Å². The quantitative estimate of drug-likeness (QED) is 0.214. The van der Waals surface area contributed by atoms with Gasteiger partial charge in [0.25, 0.3) is 0 Å². The first kappa shape index (κ1) is 35.4. The van der Waals surface area contributed by atoms with Gasteiger partial charge in [-0.05, 0) is 46.9 Å². The van der Waals surface area contributed by atoms with Gasteiger partial charge in [0.15, 0.2) is 0 Å². The van der Waals surface area contributed by atoms with Gasteiger partial charge in [-0.15, -0.1) is 0 Å². The third kappa shape index (κ3) is 8.54. The Kier molecular flexibility index (Phi) is 10.3. The Morgan fingerprint density at radius 3 is 1.98 bits per heavy atom. The summed E-state index contributed by atoms with van der Waals surface area (Å²) >= 11 is 0. The average Bonchev–Trinajstić information content (AvgIpc) is 2.90. The molecule has 0 aromatic heterocycles. The van der Waals surface area contributed by atoms with Crippen molar-refractivity contribution in [2.75, 3.05) is 0 Å². The number of nitrogens with one attached hydrogen (secondary N) is 2. The Labute approximate surface area is 248 Å².